The first-order chi connectivity index (χ1) is 17.3. The normalized spacial score (nSPS) is 16.4. The van der Waals surface area contributed by atoms with Crippen molar-refractivity contribution in [2.45, 2.75) is 67.3 Å². The second-order valence-corrected chi connectivity index (χ2v) is 6.45. The Kier molecular flexibility index (Phi) is 10.2. The number of alkyl halides is 23. The molecule has 6 nitrogen and oxygen atoms in total. The van der Waals surface area contributed by atoms with Gasteiger partial charge >= 0.3 is 67.3 Å². The van der Waals surface area contributed by atoms with Crippen molar-refractivity contribution in [3.8, 4) is 0 Å². The molecule has 0 aliphatic heterocycles. The largest absolute Gasteiger partial charge is 0.483 e. The molecule has 0 spiro atoms. The maximum atomic E-state index is 13.2. The van der Waals surface area contributed by atoms with Crippen LogP contribution >= 0.6 is 0 Å². The van der Waals surface area contributed by atoms with Crippen LogP contribution in [0.5, 0.6) is 0 Å². The maximum absolute atomic E-state index is 13.2. The lowest BCUT2D eigenvalue weighted by molar-refractivity contribution is -0.590. The molecule has 0 aliphatic carbocycles. The second kappa shape index (κ2) is 10.7. The highest BCUT2D eigenvalue weighted by Crippen LogP contribution is 2.53. The van der Waals surface area contributed by atoms with Gasteiger partial charge in [-0.3, -0.25) is 0 Å². The number of hydrogen-bond donors (Lipinski definition) is 1. The van der Waals surface area contributed by atoms with Crippen LogP contribution in [0, 0.1) is 0 Å². The van der Waals surface area contributed by atoms with E-state index >= 15 is 0 Å². The maximum Gasteiger partial charge on any atom is 0.483 e. The molecule has 0 atom stereocenters. The van der Waals surface area contributed by atoms with Crippen LogP contribution in [-0.4, -0.2) is 79.0 Å². The van der Waals surface area contributed by atoms with Gasteiger partial charge in [0, 0.05) is 0 Å². The smallest absolute Gasteiger partial charge is 0.387 e. The summed E-state index contributed by atoms with van der Waals surface area (Å²) in [6, 6.07) is 0. The van der Waals surface area contributed by atoms with Gasteiger partial charge in [0.05, 0.1) is 0 Å². The number of halogens is 23. The van der Waals surface area contributed by atoms with Gasteiger partial charge in [-0.1, -0.05) is 0 Å². The van der Waals surface area contributed by atoms with Crippen LogP contribution in [0.2, 0.25) is 0 Å². The van der Waals surface area contributed by atoms with Crippen LogP contribution in [0.1, 0.15) is 0 Å². The first-order valence-electron chi connectivity index (χ1n) is 8.31. The third kappa shape index (κ3) is 8.60. The SMILES string of the molecule is OCC(F)(F)OC(F)(F)C(F)(F)OC(F)(F)C(F)(F)OC(F)(F)C(F)(F)OC(F)(F)C(F)(F)OC(F)(F)C(F)(F)F. The van der Waals surface area contributed by atoms with Gasteiger partial charge in [-0.15, -0.1) is 0 Å². The quantitative estimate of drug-likeness (QED) is 0.198. The van der Waals surface area contributed by atoms with E-state index in [1.165, 1.54) is 14.2 Å². The molecule has 0 aliphatic rings. The molecule has 1 N–H and O–H groups in total. The molecule has 0 radical (unpaired) electrons. The summed E-state index contributed by atoms with van der Waals surface area (Å²) in [6.07, 6.45) is -83.1. The number of aliphatic hydroxyl groups is 1. The van der Waals surface area contributed by atoms with E-state index in [1.54, 1.807) is 4.74 Å². The van der Waals surface area contributed by atoms with Gasteiger partial charge in [0.25, 0.3) is 0 Å². The Labute approximate surface area is 205 Å². The van der Waals surface area contributed by atoms with Crippen molar-refractivity contribution < 1.29 is 130 Å². The Balaban J connectivity index is 6.12. The molecule has 248 valence electrons. The highest BCUT2D eigenvalue weighted by Gasteiger charge is 2.79. The number of hydrogen-bond acceptors (Lipinski definition) is 6. The zero-order chi connectivity index (χ0) is 33.7. The van der Waals surface area contributed by atoms with E-state index in [2.05, 4.69) is 0 Å². The average molecular weight is 680 g/mol. The summed E-state index contributed by atoms with van der Waals surface area (Å²) in [5.74, 6) is 0. The molecule has 29 heteroatoms. The van der Waals surface area contributed by atoms with Crippen LogP contribution in [0.3, 0.4) is 0 Å². The molecule has 0 amide bonds. The van der Waals surface area contributed by atoms with Gasteiger partial charge in [0.2, 0.25) is 0 Å². The van der Waals surface area contributed by atoms with Crippen LogP contribution < -0.4 is 0 Å². The molecular weight excluding hydrogens is 677 g/mol. The van der Waals surface area contributed by atoms with Gasteiger partial charge in [0.1, 0.15) is 6.61 Å². The molecule has 0 unspecified atom stereocenters. The Morgan fingerprint density at radius 1 is 0.293 bits per heavy atom. The van der Waals surface area contributed by atoms with Gasteiger partial charge in [0.15, 0.2) is 0 Å². The lowest BCUT2D eigenvalue weighted by atomic mass is 10.4. The minimum Gasteiger partial charge on any atom is -0.387 e. The summed E-state index contributed by atoms with van der Waals surface area (Å²) >= 11 is 0. The zero-order valence-corrected chi connectivity index (χ0v) is 17.4. The van der Waals surface area contributed by atoms with Crippen LogP contribution in [0.4, 0.5) is 101 Å². The number of rotatable bonds is 15. The molecular formula is C12H3F23O6. The monoisotopic (exact) mass is 680 g/mol. The molecule has 41 heavy (non-hydrogen) atoms. The van der Waals surface area contributed by atoms with Crippen LogP contribution in [0.15, 0.2) is 0 Å². The first-order valence-corrected chi connectivity index (χ1v) is 8.31. The molecule has 0 aromatic carbocycles. The number of ether oxygens (including phenoxy) is 5. The predicted molar refractivity (Wildman–Crippen MR) is 68.0 cm³/mol. The van der Waals surface area contributed by atoms with Crippen molar-refractivity contribution >= 4 is 0 Å². The Hall–Kier alpha value is -1.85. The van der Waals surface area contributed by atoms with Crippen molar-refractivity contribution in [1.82, 2.24) is 0 Å². The van der Waals surface area contributed by atoms with Gasteiger partial charge in [-0.25, -0.2) is 23.7 Å². The van der Waals surface area contributed by atoms with E-state index < -0.39 is 73.9 Å². The summed E-state index contributed by atoms with van der Waals surface area (Å²) in [4.78, 5) is 0. The van der Waals surface area contributed by atoms with Crippen LogP contribution in [-0.2, 0) is 23.7 Å². The first kappa shape index (κ1) is 39.1. The molecule has 0 fully saturated rings. The molecule has 0 saturated heterocycles. The third-order valence-electron chi connectivity index (χ3n) is 3.17. The fourth-order valence-corrected chi connectivity index (χ4v) is 1.40. The Morgan fingerprint density at radius 3 is 0.634 bits per heavy atom. The summed E-state index contributed by atoms with van der Waals surface area (Å²) in [6.45, 7) is -2.96. The second-order valence-electron chi connectivity index (χ2n) is 6.45. The summed E-state index contributed by atoms with van der Waals surface area (Å²) in [7, 11) is 0. The molecule has 0 aromatic heterocycles. The van der Waals surface area contributed by atoms with Crippen molar-refractivity contribution in [2.24, 2.45) is 0 Å². The van der Waals surface area contributed by atoms with Crippen LogP contribution in [0.25, 0.3) is 0 Å². The van der Waals surface area contributed by atoms with E-state index in [1.807, 2.05) is 0 Å². The summed E-state index contributed by atoms with van der Waals surface area (Å²) in [5, 5.41) is 7.87. The lowest BCUT2D eigenvalue weighted by Crippen LogP contribution is -2.61. The summed E-state index contributed by atoms with van der Waals surface area (Å²) < 4.78 is 301. The fourth-order valence-electron chi connectivity index (χ4n) is 1.40. The summed E-state index contributed by atoms with van der Waals surface area (Å²) in [5.41, 5.74) is 0. The molecule has 0 rings (SSSR count). The fraction of sp³-hybridized carbons (Fsp3) is 1.00. The standard InChI is InChI=1S/C12H3F23O6/c13-2(14,1-36)37-5(20,21)6(22,23)39-9(28,29)10(30,31)41-12(34,35)11(32,33)40-8(26,27)7(24,25)38-4(18,19)3(15,16)17/h36H,1H2. The van der Waals surface area contributed by atoms with E-state index in [9.17, 15) is 101 Å². The van der Waals surface area contributed by atoms with E-state index in [4.69, 9.17) is 5.11 Å². The van der Waals surface area contributed by atoms with E-state index in [0.717, 1.165) is 4.74 Å². The van der Waals surface area contributed by atoms with Crippen molar-refractivity contribution in [1.29, 1.82) is 0 Å². The van der Waals surface area contributed by atoms with Crippen molar-refractivity contribution in [2.75, 3.05) is 6.61 Å². The van der Waals surface area contributed by atoms with Crippen molar-refractivity contribution in [3.05, 3.63) is 0 Å². The molecule has 0 bridgehead atoms. The molecule has 0 heterocycles. The Morgan fingerprint density at radius 2 is 0.463 bits per heavy atom. The Bertz CT molecular complexity index is 896. The minimum absolute atomic E-state index is 1.16. The zero-order valence-electron chi connectivity index (χ0n) is 17.4. The predicted octanol–water partition coefficient (Wildman–Crippen LogP) is 6.55. The third-order valence-corrected chi connectivity index (χ3v) is 3.17. The lowest BCUT2D eigenvalue weighted by Gasteiger charge is -2.36. The highest BCUT2D eigenvalue weighted by atomic mass is 19.4. The molecule has 0 aromatic rings. The van der Waals surface area contributed by atoms with E-state index in [0.29, 0.717) is 0 Å². The highest BCUT2D eigenvalue weighted by molar-refractivity contribution is 4.81. The topological polar surface area (TPSA) is 66.4 Å². The van der Waals surface area contributed by atoms with Gasteiger partial charge in [-0.05, 0) is 0 Å². The average Bonchev–Trinajstić information content (AvgIpc) is 2.62. The van der Waals surface area contributed by atoms with E-state index in [-0.39, 0.29) is 0 Å². The minimum atomic E-state index is -8.05. The van der Waals surface area contributed by atoms with Gasteiger partial charge < -0.3 is 5.11 Å². The van der Waals surface area contributed by atoms with Gasteiger partial charge in [-0.2, -0.15) is 101 Å². The molecule has 0 saturated carbocycles. The number of aliphatic hydroxyl groups excluding tert-OH is 1. The van der Waals surface area contributed by atoms with Crippen molar-refractivity contribution in [3.63, 3.8) is 0 Å².